The molecule has 1 unspecified atom stereocenters. The van der Waals surface area contributed by atoms with Gasteiger partial charge in [-0.2, -0.15) is 0 Å². The lowest BCUT2D eigenvalue weighted by Gasteiger charge is -2.59. The third-order valence-electron chi connectivity index (χ3n) is 8.37. The molecule has 1 aromatic rings. The summed E-state index contributed by atoms with van der Waals surface area (Å²) in [4.78, 5) is 26.1. The number of nitro benzene ring substituents is 1. The Labute approximate surface area is 199 Å². The number of non-ortho nitro benzene ring substituents is 1. The lowest BCUT2D eigenvalue weighted by atomic mass is 9.48. The Morgan fingerprint density at radius 1 is 1.18 bits per heavy atom. The molecular formula is C24H32N4O4S. The van der Waals surface area contributed by atoms with E-state index in [1.807, 2.05) is 4.90 Å². The number of nitrogens with zero attached hydrogens (tertiary/aromatic N) is 2. The highest BCUT2D eigenvalue weighted by Gasteiger charge is 2.53. The number of benzene rings is 1. The molecule has 4 saturated carbocycles. The molecule has 178 valence electrons. The SMILES string of the molecule is CC(NC(=S)NC(=O)c1cc([N+](=O)[O-])ccc1N1CCOCC1)C12CC3CC(CC(C3)C1)C2. The number of hydrogen-bond donors (Lipinski definition) is 2. The molecule has 1 amide bonds. The number of nitrogens with one attached hydrogen (secondary N) is 2. The van der Waals surface area contributed by atoms with Crippen molar-refractivity contribution in [3.63, 3.8) is 0 Å². The number of morpholine rings is 1. The van der Waals surface area contributed by atoms with Crippen LogP contribution in [0.3, 0.4) is 0 Å². The van der Waals surface area contributed by atoms with Crippen LogP contribution in [0.4, 0.5) is 11.4 Å². The molecule has 1 aromatic carbocycles. The second-order valence-electron chi connectivity index (χ2n) is 10.5. The van der Waals surface area contributed by atoms with Crippen LogP contribution in [-0.2, 0) is 4.74 Å². The van der Waals surface area contributed by atoms with Gasteiger partial charge in [0.1, 0.15) is 0 Å². The Kier molecular flexibility index (Phi) is 6.03. The minimum absolute atomic E-state index is 0.113. The van der Waals surface area contributed by atoms with E-state index in [-0.39, 0.29) is 22.7 Å². The predicted molar refractivity (Wildman–Crippen MR) is 129 cm³/mol. The zero-order chi connectivity index (χ0) is 23.2. The largest absolute Gasteiger partial charge is 0.378 e. The quantitative estimate of drug-likeness (QED) is 0.384. The van der Waals surface area contributed by atoms with Gasteiger partial charge < -0.3 is 15.0 Å². The van der Waals surface area contributed by atoms with Crippen molar-refractivity contribution in [2.75, 3.05) is 31.2 Å². The first-order chi connectivity index (χ1) is 15.8. The van der Waals surface area contributed by atoms with Crippen LogP contribution in [0.2, 0.25) is 0 Å². The lowest BCUT2D eigenvalue weighted by Crippen LogP contribution is -2.57. The van der Waals surface area contributed by atoms with Gasteiger partial charge in [-0.05, 0) is 86.9 Å². The van der Waals surface area contributed by atoms with Gasteiger partial charge in [-0.25, -0.2) is 0 Å². The van der Waals surface area contributed by atoms with E-state index in [1.165, 1.54) is 50.7 Å². The smallest absolute Gasteiger partial charge is 0.270 e. The maximum atomic E-state index is 13.2. The van der Waals surface area contributed by atoms with Gasteiger partial charge in [0.25, 0.3) is 11.6 Å². The summed E-state index contributed by atoms with van der Waals surface area (Å²) in [6.45, 7) is 4.56. The van der Waals surface area contributed by atoms with Crippen LogP contribution in [0.1, 0.15) is 55.8 Å². The molecule has 9 heteroatoms. The van der Waals surface area contributed by atoms with E-state index in [4.69, 9.17) is 17.0 Å². The monoisotopic (exact) mass is 472 g/mol. The van der Waals surface area contributed by atoms with Gasteiger partial charge in [0.05, 0.1) is 29.4 Å². The molecule has 8 nitrogen and oxygen atoms in total. The van der Waals surface area contributed by atoms with Crippen molar-refractivity contribution in [2.45, 2.75) is 51.5 Å². The molecule has 6 rings (SSSR count). The molecule has 0 aromatic heterocycles. The summed E-state index contributed by atoms with van der Waals surface area (Å²) >= 11 is 5.54. The first-order valence-corrected chi connectivity index (χ1v) is 12.5. The van der Waals surface area contributed by atoms with E-state index in [0.717, 1.165) is 17.8 Å². The van der Waals surface area contributed by atoms with Crippen molar-refractivity contribution in [3.8, 4) is 0 Å². The van der Waals surface area contributed by atoms with Gasteiger partial charge in [-0.15, -0.1) is 0 Å². The summed E-state index contributed by atoms with van der Waals surface area (Å²) in [7, 11) is 0. The van der Waals surface area contributed by atoms with Crippen molar-refractivity contribution in [1.82, 2.24) is 10.6 Å². The highest BCUT2D eigenvalue weighted by Crippen LogP contribution is 2.61. The number of carbonyl (C=O) groups excluding carboxylic acids is 1. The molecule has 5 fully saturated rings. The van der Waals surface area contributed by atoms with Crippen LogP contribution in [0.25, 0.3) is 0 Å². The number of hydrogen-bond acceptors (Lipinski definition) is 6. The average molecular weight is 473 g/mol. The van der Waals surface area contributed by atoms with Gasteiger partial charge in [0.2, 0.25) is 0 Å². The molecular weight excluding hydrogens is 440 g/mol. The van der Waals surface area contributed by atoms with Crippen molar-refractivity contribution < 1.29 is 14.5 Å². The van der Waals surface area contributed by atoms with Crippen LogP contribution in [0, 0.1) is 33.3 Å². The number of nitro groups is 1. The minimum Gasteiger partial charge on any atom is -0.378 e. The Morgan fingerprint density at radius 3 is 2.36 bits per heavy atom. The normalized spacial score (nSPS) is 31.2. The van der Waals surface area contributed by atoms with E-state index in [9.17, 15) is 14.9 Å². The Bertz CT molecular complexity index is 926. The summed E-state index contributed by atoms with van der Waals surface area (Å²) in [5.74, 6) is 2.09. The molecule has 0 radical (unpaired) electrons. The van der Waals surface area contributed by atoms with Crippen LogP contribution in [0.15, 0.2) is 18.2 Å². The molecule has 0 spiro atoms. The second-order valence-corrected chi connectivity index (χ2v) is 10.9. The Morgan fingerprint density at radius 2 is 1.79 bits per heavy atom. The molecule has 2 N–H and O–H groups in total. The van der Waals surface area contributed by atoms with E-state index in [1.54, 1.807) is 6.07 Å². The molecule has 4 bridgehead atoms. The Hall–Kier alpha value is -2.26. The molecule has 5 aliphatic rings. The molecule has 1 heterocycles. The highest BCUT2D eigenvalue weighted by molar-refractivity contribution is 7.80. The maximum Gasteiger partial charge on any atom is 0.270 e. The molecule has 1 atom stereocenters. The third kappa shape index (κ3) is 4.45. The van der Waals surface area contributed by atoms with Crippen molar-refractivity contribution in [1.29, 1.82) is 0 Å². The molecule has 1 saturated heterocycles. The number of thiocarbonyl (C=S) groups is 1. The topological polar surface area (TPSA) is 96.7 Å². The predicted octanol–water partition coefficient (Wildman–Crippen LogP) is 3.64. The summed E-state index contributed by atoms with van der Waals surface area (Å²) < 4.78 is 5.41. The van der Waals surface area contributed by atoms with E-state index < -0.39 is 10.8 Å². The standard InChI is InChI=1S/C24H32N4O4S/c1-15(24-12-16-8-17(13-24)10-18(9-16)14-24)25-23(33)26-22(29)20-11-19(28(30)31)2-3-21(20)27-4-6-32-7-5-27/h2-3,11,15-18H,4-10,12-14H2,1H3,(H2,25,26,29,33). The van der Waals surface area contributed by atoms with Gasteiger partial charge in [0, 0.05) is 31.3 Å². The van der Waals surface area contributed by atoms with E-state index in [0.29, 0.717) is 37.1 Å². The fraction of sp³-hybridized carbons (Fsp3) is 0.667. The number of anilines is 1. The first-order valence-electron chi connectivity index (χ1n) is 12.1. The minimum atomic E-state index is -0.481. The van der Waals surface area contributed by atoms with Crippen molar-refractivity contribution >= 4 is 34.6 Å². The summed E-state index contributed by atoms with van der Waals surface area (Å²) in [6, 6.07) is 4.60. The molecule has 33 heavy (non-hydrogen) atoms. The van der Waals surface area contributed by atoms with Gasteiger partial charge >= 0.3 is 0 Å². The first kappa shape index (κ1) is 22.5. The second kappa shape index (κ2) is 8.83. The van der Waals surface area contributed by atoms with Crippen molar-refractivity contribution in [3.05, 3.63) is 33.9 Å². The molecule has 1 aliphatic heterocycles. The van der Waals surface area contributed by atoms with Gasteiger partial charge in [-0.3, -0.25) is 20.2 Å². The summed E-state index contributed by atoms with van der Waals surface area (Å²) in [6.07, 6.45) is 7.88. The number of ether oxygens (including phenoxy) is 1. The molecule has 4 aliphatic carbocycles. The van der Waals surface area contributed by atoms with E-state index >= 15 is 0 Å². The van der Waals surface area contributed by atoms with E-state index in [2.05, 4.69) is 17.6 Å². The lowest BCUT2D eigenvalue weighted by molar-refractivity contribution is -0.384. The summed E-state index contributed by atoms with van der Waals surface area (Å²) in [5, 5.41) is 17.8. The average Bonchev–Trinajstić information content (AvgIpc) is 2.78. The summed E-state index contributed by atoms with van der Waals surface area (Å²) in [5.41, 5.74) is 1.07. The van der Waals surface area contributed by atoms with Crippen LogP contribution >= 0.6 is 12.2 Å². The maximum absolute atomic E-state index is 13.2. The van der Waals surface area contributed by atoms with Gasteiger partial charge in [0.15, 0.2) is 5.11 Å². The Balaban J connectivity index is 1.29. The van der Waals surface area contributed by atoms with Crippen molar-refractivity contribution in [2.24, 2.45) is 23.2 Å². The fourth-order valence-electron chi connectivity index (χ4n) is 7.16. The highest BCUT2D eigenvalue weighted by atomic mass is 32.1. The van der Waals surface area contributed by atoms with Crippen LogP contribution < -0.4 is 15.5 Å². The third-order valence-corrected chi connectivity index (χ3v) is 8.59. The van der Waals surface area contributed by atoms with Crippen LogP contribution in [0.5, 0.6) is 0 Å². The number of carbonyl (C=O) groups is 1. The number of rotatable bonds is 5. The zero-order valence-electron chi connectivity index (χ0n) is 19.0. The fourth-order valence-corrected chi connectivity index (χ4v) is 7.43. The van der Waals surface area contributed by atoms with Gasteiger partial charge in [-0.1, -0.05) is 0 Å². The number of amides is 1. The zero-order valence-corrected chi connectivity index (χ0v) is 19.9. The van der Waals surface area contributed by atoms with Crippen LogP contribution in [-0.4, -0.2) is 48.3 Å².